The lowest BCUT2D eigenvalue weighted by atomic mass is 10.1. The lowest BCUT2D eigenvalue weighted by Gasteiger charge is -2.32. The average molecular weight is 213 g/mol. The van der Waals surface area contributed by atoms with E-state index < -0.39 is 0 Å². The van der Waals surface area contributed by atoms with Crippen LogP contribution in [0.4, 0.5) is 0 Å². The minimum atomic E-state index is -0.205. The Morgan fingerprint density at radius 2 is 2.20 bits per heavy atom. The molecule has 86 valence electrons. The third-order valence-electron chi connectivity index (χ3n) is 2.49. The second-order valence-electron chi connectivity index (χ2n) is 4.85. The molecule has 15 heavy (non-hydrogen) atoms. The number of nitrogens with one attached hydrogen (secondary N) is 1. The summed E-state index contributed by atoms with van der Waals surface area (Å²) in [5.74, 6) is -0.117. The fourth-order valence-corrected chi connectivity index (χ4v) is 1.74. The zero-order valence-corrected chi connectivity index (χ0v) is 9.54. The summed E-state index contributed by atoms with van der Waals surface area (Å²) >= 11 is 0. The van der Waals surface area contributed by atoms with Gasteiger partial charge in [0.05, 0.1) is 12.6 Å². The zero-order chi connectivity index (χ0) is 11.6. The summed E-state index contributed by atoms with van der Waals surface area (Å²) in [6, 6.07) is -0.0900. The van der Waals surface area contributed by atoms with E-state index in [1.165, 1.54) is 0 Å². The van der Waals surface area contributed by atoms with Gasteiger partial charge >= 0.3 is 0 Å². The predicted molar refractivity (Wildman–Crippen MR) is 57.1 cm³/mol. The Balaban J connectivity index is 2.56. The van der Waals surface area contributed by atoms with Gasteiger partial charge in [0.2, 0.25) is 11.8 Å². The van der Waals surface area contributed by atoms with E-state index in [9.17, 15) is 9.59 Å². The fraction of sp³-hybridized carbons (Fsp3) is 0.800. The molecule has 1 aliphatic rings. The van der Waals surface area contributed by atoms with Gasteiger partial charge in [-0.2, -0.15) is 0 Å². The maximum absolute atomic E-state index is 11.6. The van der Waals surface area contributed by atoms with E-state index in [0.29, 0.717) is 13.0 Å². The third kappa shape index (κ3) is 2.92. The Bertz CT molecular complexity index is 270. The van der Waals surface area contributed by atoms with E-state index in [2.05, 4.69) is 5.32 Å². The molecular weight excluding hydrogens is 194 g/mol. The summed E-state index contributed by atoms with van der Waals surface area (Å²) in [5, 5.41) is 2.73. The normalized spacial score (nSPS) is 22.0. The number of carbonyl (C=O) groups excluding carboxylic acids is 2. The summed E-state index contributed by atoms with van der Waals surface area (Å²) in [6.45, 7) is 6.50. The van der Waals surface area contributed by atoms with Crippen LogP contribution in [0, 0.1) is 0 Å². The molecule has 2 amide bonds. The molecule has 3 N–H and O–H groups in total. The predicted octanol–water partition coefficient (Wildman–Crippen LogP) is -0.539. The van der Waals surface area contributed by atoms with Gasteiger partial charge < -0.3 is 16.0 Å². The Labute approximate surface area is 90.0 Å². The van der Waals surface area contributed by atoms with Crippen LogP contribution in [0.25, 0.3) is 0 Å². The van der Waals surface area contributed by atoms with Crippen molar-refractivity contribution in [2.75, 3.05) is 13.1 Å². The molecule has 0 aliphatic carbocycles. The molecule has 5 nitrogen and oxygen atoms in total. The number of hydrogen-bond acceptors (Lipinski definition) is 3. The van der Waals surface area contributed by atoms with Crippen molar-refractivity contribution < 1.29 is 9.59 Å². The summed E-state index contributed by atoms with van der Waals surface area (Å²) < 4.78 is 0. The van der Waals surface area contributed by atoms with E-state index in [-0.39, 0.29) is 29.9 Å². The van der Waals surface area contributed by atoms with Crippen molar-refractivity contribution in [1.29, 1.82) is 0 Å². The minimum absolute atomic E-state index is 0.0276. The Kier molecular flexibility index (Phi) is 3.34. The molecule has 0 aromatic heterocycles. The molecule has 0 saturated carbocycles. The van der Waals surface area contributed by atoms with E-state index in [1.54, 1.807) is 4.90 Å². The quantitative estimate of drug-likeness (QED) is 0.647. The highest BCUT2D eigenvalue weighted by molar-refractivity contribution is 5.83. The van der Waals surface area contributed by atoms with Crippen LogP contribution in [0.1, 0.15) is 27.2 Å². The number of carbonyl (C=O) groups is 2. The Morgan fingerprint density at radius 3 is 2.60 bits per heavy atom. The largest absolute Gasteiger partial charge is 0.350 e. The molecule has 1 atom stereocenters. The minimum Gasteiger partial charge on any atom is -0.350 e. The molecule has 0 aromatic rings. The van der Waals surface area contributed by atoms with Crippen LogP contribution >= 0.6 is 0 Å². The molecule has 1 heterocycles. The van der Waals surface area contributed by atoms with Gasteiger partial charge in [0.15, 0.2) is 0 Å². The van der Waals surface area contributed by atoms with E-state index in [4.69, 9.17) is 5.73 Å². The van der Waals surface area contributed by atoms with Gasteiger partial charge in [-0.15, -0.1) is 0 Å². The van der Waals surface area contributed by atoms with Gasteiger partial charge in [-0.25, -0.2) is 0 Å². The molecule has 1 unspecified atom stereocenters. The maximum atomic E-state index is 11.6. The molecule has 0 aromatic carbocycles. The lowest BCUT2D eigenvalue weighted by molar-refractivity contribution is -0.131. The summed E-state index contributed by atoms with van der Waals surface area (Å²) in [6.07, 6.45) is 0.378. The standard InChI is InChI=1S/C10H19N3O2/c1-10(2,3)13-6-7(4-9(13)15)12-8(14)5-11/h7H,4-6,11H2,1-3H3,(H,12,14). The second-order valence-corrected chi connectivity index (χ2v) is 4.85. The number of nitrogens with zero attached hydrogens (tertiary/aromatic N) is 1. The van der Waals surface area contributed by atoms with Gasteiger partial charge in [-0.1, -0.05) is 0 Å². The number of rotatable bonds is 2. The zero-order valence-electron chi connectivity index (χ0n) is 9.54. The van der Waals surface area contributed by atoms with E-state index in [0.717, 1.165) is 0 Å². The van der Waals surface area contributed by atoms with Crippen molar-refractivity contribution in [3.63, 3.8) is 0 Å². The van der Waals surface area contributed by atoms with Crippen LogP contribution in [-0.2, 0) is 9.59 Å². The van der Waals surface area contributed by atoms with Crippen molar-refractivity contribution >= 4 is 11.8 Å². The highest BCUT2D eigenvalue weighted by Crippen LogP contribution is 2.21. The molecular formula is C10H19N3O2. The van der Waals surface area contributed by atoms with Crippen LogP contribution < -0.4 is 11.1 Å². The van der Waals surface area contributed by atoms with Gasteiger partial charge in [0.1, 0.15) is 0 Å². The van der Waals surface area contributed by atoms with Gasteiger partial charge in [-0.3, -0.25) is 9.59 Å². The number of hydrogen-bond donors (Lipinski definition) is 2. The monoisotopic (exact) mass is 213 g/mol. The molecule has 0 bridgehead atoms. The number of amides is 2. The van der Waals surface area contributed by atoms with Crippen molar-refractivity contribution in [3.8, 4) is 0 Å². The SMILES string of the molecule is CC(C)(C)N1CC(NC(=O)CN)CC1=O. The van der Waals surface area contributed by atoms with E-state index >= 15 is 0 Å². The number of likely N-dealkylation sites (tertiary alicyclic amines) is 1. The first kappa shape index (κ1) is 12.0. The molecule has 1 rings (SSSR count). The van der Waals surface area contributed by atoms with Crippen LogP contribution in [0.2, 0.25) is 0 Å². The van der Waals surface area contributed by atoms with Crippen molar-refractivity contribution in [1.82, 2.24) is 10.2 Å². The van der Waals surface area contributed by atoms with Crippen LogP contribution in [0.5, 0.6) is 0 Å². The highest BCUT2D eigenvalue weighted by Gasteiger charge is 2.36. The van der Waals surface area contributed by atoms with Crippen molar-refractivity contribution in [3.05, 3.63) is 0 Å². The fourth-order valence-electron chi connectivity index (χ4n) is 1.74. The van der Waals surface area contributed by atoms with Crippen LogP contribution in [0.3, 0.4) is 0 Å². The summed E-state index contributed by atoms with van der Waals surface area (Å²) in [4.78, 5) is 24.5. The summed E-state index contributed by atoms with van der Waals surface area (Å²) in [7, 11) is 0. The van der Waals surface area contributed by atoms with Crippen LogP contribution in [-0.4, -0.2) is 41.4 Å². The van der Waals surface area contributed by atoms with Gasteiger partial charge in [0.25, 0.3) is 0 Å². The van der Waals surface area contributed by atoms with Gasteiger partial charge in [-0.05, 0) is 20.8 Å². The molecule has 0 radical (unpaired) electrons. The smallest absolute Gasteiger partial charge is 0.234 e. The second kappa shape index (κ2) is 4.18. The first-order valence-corrected chi connectivity index (χ1v) is 5.14. The lowest BCUT2D eigenvalue weighted by Crippen LogP contribution is -2.45. The third-order valence-corrected chi connectivity index (χ3v) is 2.49. The first-order valence-electron chi connectivity index (χ1n) is 5.14. The van der Waals surface area contributed by atoms with E-state index in [1.807, 2.05) is 20.8 Å². The molecule has 1 aliphatic heterocycles. The molecule has 0 spiro atoms. The Hall–Kier alpha value is -1.10. The van der Waals surface area contributed by atoms with Crippen LogP contribution in [0.15, 0.2) is 0 Å². The molecule has 1 saturated heterocycles. The molecule has 1 fully saturated rings. The summed E-state index contributed by atoms with van der Waals surface area (Å²) in [5.41, 5.74) is 5.01. The maximum Gasteiger partial charge on any atom is 0.234 e. The highest BCUT2D eigenvalue weighted by atomic mass is 16.2. The first-order chi connectivity index (χ1) is 6.84. The molecule has 5 heteroatoms. The Morgan fingerprint density at radius 1 is 1.60 bits per heavy atom. The topological polar surface area (TPSA) is 75.4 Å². The van der Waals surface area contributed by atoms with Gasteiger partial charge in [0, 0.05) is 18.5 Å². The number of nitrogens with two attached hydrogens (primary N) is 1. The van der Waals surface area contributed by atoms with Crippen molar-refractivity contribution in [2.24, 2.45) is 5.73 Å². The van der Waals surface area contributed by atoms with Crippen molar-refractivity contribution in [2.45, 2.75) is 38.8 Å². The average Bonchev–Trinajstić information content (AvgIpc) is 2.45.